The minimum atomic E-state index is 1.05. The van der Waals surface area contributed by atoms with Crippen LogP contribution in [0.1, 0.15) is 17.5 Å². The van der Waals surface area contributed by atoms with Crippen molar-refractivity contribution in [2.24, 2.45) is 0 Å². The van der Waals surface area contributed by atoms with Crippen LogP contribution in [0.15, 0.2) is 102 Å². The third-order valence-electron chi connectivity index (χ3n) is 5.45. The van der Waals surface area contributed by atoms with E-state index in [2.05, 4.69) is 111 Å². The SMILES string of the molecule is Brc1ccc(N(c2cncc(-c3ccccc3)c2)c2cccc3c2C=CCC3)cc1. The molecule has 1 heterocycles. The Balaban J connectivity index is 1.69. The number of hydrogen-bond donors (Lipinski definition) is 0. The number of rotatable bonds is 4. The van der Waals surface area contributed by atoms with Gasteiger partial charge in [0.1, 0.15) is 0 Å². The molecule has 146 valence electrons. The highest BCUT2D eigenvalue weighted by molar-refractivity contribution is 9.10. The number of allylic oxidation sites excluding steroid dienone is 1. The maximum absolute atomic E-state index is 4.59. The van der Waals surface area contributed by atoms with E-state index >= 15 is 0 Å². The number of pyridine rings is 1. The van der Waals surface area contributed by atoms with Crippen LogP contribution in [0.25, 0.3) is 17.2 Å². The van der Waals surface area contributed by atoms with Gasteiger partial charge in [0.2, 0.25) is 0 Å². The van der Waals surface area contributed by atoms with Gasteiger partial charge in [0.05, 0.1) is 17.6 Å². The summed E-state index contributed by atoms with van der Waals surface area (Å²) < 4.78 is 1.07. The fraction of sp³-hybridized carbons (Fsp3) is 0.0741. The highest BCUT2D eigenvalue weighted by atomic mass is 79.9. The zero-order valence-corrected chi connectivity index (χ0v) is 18.1. The van der Waals surface area contributed by atoms with Crippen molar-refractivity contribution in [3.05, 3.63) is 113 Å². The smallest absolute Gasteiger partial charge is 0.0651 e. The Bertz CT molecular complexity index is 1200. The first-order valence-corrected chi connectivity index (χ1v) is 10.9. The van der Waals surface area contributed by atoms with E-state index in [0.717, 1.165) is 39.8 Å². The van der Waals surface area contributed by atoms with E-state index < -0.39 is 0 Å². The van der Waals surface area contributed by atoms with E-state index in [9.17, 15) is 0 Å². The molecule has 0 N–H and O–H groups in total. The Kier molecular flexibility index (Phi) is 5.20. The van der Waals surface area contributed by atoms with Gasteiger partial charge >= 0.3 is 0 Å². The van der Waals surface area contributed by atoms with Crippen molar-refractivity contribution in [3.8, 4) is 11.1 Å². The highest BCUT2D eigenvalue weighted by Crippen LogP contribution is 2.40. The number of halogens is 1. The van der Waals surface area contributed by atoms with Crippen molar-refractivity contribution < 1.29 is 0 Å². The molecule has 30 heavy (non-hydrogen) atoms. The fourth-order valence-corrected chi connectivity index (χ4v) is 4.27. The van der Waals surface area contributed by atoms with Gasteiger partial charge in [-0.3, -0.25) is 4.98 Å². The molecular weight excluding hydrogens is 432 g/mol. The van der Waals surface area contributed by atoms with Gasteiger partial charge in [-0.05, 0) is 60.4 Å². The summed E-state index contributed by atoms with van der Waals surface area (Å²) in [5.74, 6) is 0. The lowest BCUT2D eigenvalue weighted by Crippen LogP contribution is -2.13. The topological polar surface area (TPSA) is 16.1 Å². The van der Waals surface area contributed by atoms with Crippen molar-refractivity contribution in [2.75, 3.05) is 4.90 Å². The first kappa shape index (κ1) is 18.8. The molecule has 3 aromatic carbocycles. The van der Waals surface area contributed by atoms with Gasteiger partial charge in [-0.1, -0.05) is 70.5 Å². The first-order chi connectivity index (χ1) is 14.8. The number of fused-ring (bicyclic) bond motifs is 1. The van der Waals surface area contributed by atoms with Crippen molar-refractivity contribution in [2.45, 2.75) is 12.8 Å². The van der Waals surface area contributed by atoms with E-state index in [-0.39, 0.29) is 0 Å². The van der Waals surface area contributed by atoms with Crippen molar-refractivity contribution >= 4 is 39.1 Å². The molecule has 0 saturated carbocycles. The molecule has 4 aromatic rings. The third-order valence-corrected chi connectivity index (χ3v) is 5.98. The molecule has 0 unspecified atom stereocenters. The summed E-state index contributed by atoms with van der Waals surface area (Å²) in [6.07, 6.45) is 10.6. The van der Waals surface area contributed by atoms with Crippen LogP contribution in [0, 0.1) is 0 Å². The Morgan fingerprint density at radius 1 is 0.767 bits per heavy atom. The Morgan fingerprint density at radius 2 is 1.60 bits per heavy atom. The van der Waals surface area contributed by atoms with E-state index in [1.807, 2.05) is 18.5 Å². The quantitative estimate of drug-likeness (QED) is 0.312. The molecule has 0 radical (unpaired) electrons. The lowest BCUT2D eigenvalue weighted by atomic mass is 9.95. The summed E-state index contributed by atoms with van der Waals surface area (Å²) in [6, 6.07) is 27.7. The predicted molar refractivity (Wildman–Crippen MR) is 129 cm³/mol. The molecule has 0 atom stereocenters. The van der Waals surface area contributed by atoms with Gasteiger partial charge in [0, 0.05) is 27.5 Å². The second-order valence-corrected chi connectivity index (χ2v) is 8.32. The second kappa shape index (κ2) is 8.29. The van der Waals surface area contributed by atoms with E-state index in [0.29, 0.717) is 0 Å². The molecule has 0 saturated heterocycles. The van der Waals surface area contributed by atoms with E-state index in [4.69, 9.17) is 0 Å². The summed E-state index contributed by atoms with van der Waals surface area (Å²) >= 11 is 3.57. The number of hydrogen-bond acceptors (Lipinski definition) is 2. The summed E-state index contributed by atoms with van der Waals surface area (Å²) in [5.41, 5.74) is 8.29. The number of aryl methyl sites for hydroxylation is 1. The van der Waals surface area contributed by atoms with E-state index in [1.165, 1.54) is 16.8 Å². The Morgan fingerprint density at radius 3 is 2.43 bits per heavy atom. The average molecular weight is 453 g/mol. The Labute approximate surface area is 185 Å². The first-order valence-electron chi connectivity index (χ1n) is 10.1. The number of anilines is 3. The maximum atomic E-state index is 4.59. The molecule has 0 amide bonds. The van der Waals surface area contributed by atoms with Crippen LogP contribution in [0.2, 0.25) is 0 Å². The predicted octanol–water partition coefficient (Wildman–Crippen LogP) is 7.94. The molecule has 0 spiro atoms. The van der Waals surface area contributed by atoms with Gasteiger partial charge in [-0.15, -0.1) is 0 Å². The van der Waals surface area contributed by atoms with Crippen LogP contribution < -0.4 is 4.90 Å². The zero-order valence-electron chi connectivity index (χ0n) is 16.5. The maximum Gasteiger partial charge on any atom is 0.0651 e. The van der Waals surface area contributed by atoms with Crippen LogP contribution in [0.4, 0.5) is 17.1 Å². The minimum Gasteiger partial charge on any atom is -0.308 e. The van der Waals surface area contributed by atoms with Crippen LogP contribution in [-0.4, -0.2) is 4.98 Å². The van der Waals surface area contributed by atoms with Gasteiger partial charge < -0.3 is 4.90 Å². The van der Waals surface area contributed by atoms with Gasteiger partial charge in [-0.25, -0.2) is 0 Å². The van der Waals surface area contributed by atoms with Gasteiger partial charge in [-0.2, -0.15) is 0 Å². The number of nitrogens with zero attached hydrogens (tertiary/aromatic N) is 2. The van der Waals surface area contributed by atoms with Crippen LogP contribution in [-0.2, 0) is 6.42 Å². The lowest BCUT2D eigenvalue weighted by molar-refractivity contribution is 0.983. The number of aromatic nitrogens is 1. The van der Waals surface area contributed by atoms with Crippen molar-refractivity contribution in [1.82, 2.24) is 4.98 Å². The Hall–Kier alpha value is -3.17. The van der Waals surface area contributed by atoms with Crippen molar-refractivity contribution in [3.63, 3.8) is 0 Å². The molecule has 0 aliphatic heterocycles. The zero-order chi connectivity index (χ0) is 20.3. The molecular formula is C27H21BrN2. The minimum absolute atomic E-state index is 1.05. The van der Waals surface area contributed by atoms with Crippen molar-refractivity contribution in [1.29, 1.82) is 0 Å². The molecule has 0 fully saturated rings. The molecule has 5 rings (SSSR count). The standard InChI is InChI=1S/C27H21BrN2/c28-23-13-15-24(16-14-23)30(27-12-6-10-21-9-4-5-11-26(21)27)25-17-22(18-29-19-25)20-7-2-1-3-8-20/h1-3,5-8,10-19H,4,9H2. The summed E-state index contributed by atoms with van der Waals surface area (Å²) in [7, 11) is 0. The lowest BCUT2D eigenvalue weighted by Gasteiger charge is -2.29. The highest BCUT2D eigenvalue weighted by Gasteiger charge is 2.19. The number of benzene rings is 3. The summed E-state index contributed by atoms with van der Waals surface area (Å²) in [6.45, 7) is 0. The van der Waals surface area contributed by atoms with Gasteiger partial charge in [0.15, 0.2) is 0 Å². The second-order valence-electron chi connectivity index (χ2n) is 7.40. The third kappa shape index (κ3) is 3.69. The molecule has 2 nitrogen and oxygen atoms in total. The fourth-order valence-electron chi connectivity index (χ4n) is 4.00. The van der Waals surface area contributed by atoms with E-state index in [1.54, 1.807) is 0 Å². The monoisotopic (exact) mass is 452 g/mol. The summed E-state index contributed by atoms with van der Waals surface area (Å²) in [5, 5.41) is 0. The van der Waals surface area contributed by atoms with Crippen LogP contribution in [0.5, 0.6) is 0 Å². The van der Waals surface area contributed by atoms with Crippen LogP contribution in [0.3, 0.4) is 0 Å². The average Bonchev–Trinajstić information content (AvgIpc) is 2.81. The largest absolute Gasteiger partial charge is 0.308 e. The van der Waals surface area contributed by atoms with Crippen LogP contribution >= 0.6 is 15.9 Å². The molecule has 1 aromatic heterocycles. The molecule has 1 aliphatic rings. The molecule has 3 heteroatoms. The summed E-state index contributed by atoms with van der Waals surface area (Å²) in [4.78, 5) is 6.90. The molecule has 1 aliphatic carbocycles. The normalized spacial score (nSPS) is 12.4. The van der Waals surface area contributed by atoms with Gasteiger partial charge in [0.25, 0.3) is 0 Å². The molecule has 0 bridgehead atoms.